The molecule has 5 heteroatoms. The number of hydrogen-bond donors (Lipinski definition) is 0. The summed E-state index contributed by atoms with van der Waals surface area (Å²) >= 11 is 0. The Balaban J connectivity index is 1.77. The molecule has 4 rings (SSSR count). The highest BCUT2D eigenvalue weighted by Crippen LogP contribution is 2.25. The van der Waals surface area contributed by atoms with Gasteiger partial charge in [-0.05, 0) is 73.7 Å². The van der Waals surface area contributed by atoms with Crippen molar-refractivity contribution in [3.05, 3.63) is 111 Å². The first-order valence-corrected chi connectivity index (χ1v) is 12.5. The van der Waals surface area contributed by atoms with Crippen molar-refractivity contribution in [2.45, 2.75) is 46.5 Å². The Labute approximate surface area is 212 Å². The minimum absolute atomic E-state index is 0.0663. The van der Waals surface area contributed by atoms with E-state index in [0.29, 0.717) is 30.0 Å². The molecule has 0 aliphatic rings. The minimum atomic E-state index is -0.0663. The predicted molar refractivity (Wildman–Crippen MR) is 144 cm³/mol. The Kier molecular flexibility index (Phi) is 7.97. The third-order valence-electron chi connectivity index (χ3n) is 6.27. The second-order valence-corrected chi connectivity index (χ2v) is 8.79. The third kappa shape index (κ3) is 5.39. The molecule has 182 valence electrons. The molecule has 0 atom stereocenters. The Morgan fingerprint density at radius 2 is 1.75 bits per heavy atom. The molecule has 1 heterocycles. The van der Waals surface area contributed by atoms with Gasteiger partial charge in [0, 0.05) is 12.0 Å². The molecule has 4 aromatic rings. The second kappa shape index (κ2) is 11.5. The molecule has 0 saturated heterocycles. The lowest BCUT2D eigenvalue weighted by molar-refractivity contribution is 0.340. The molecule has 0 amide bonds. The standard InChI is InChI=1S/C31H31N3O2/c1-4-6-12-30-29(20-23-13-18-28(25(19-23)21-32)24-10-8-7-9-11-24)31(35)34(22(3)33-30)26-14-16-27(17-15-26)36-5-2/h7-11,13-19H,4-6,12,20H2,1-3H3. The van der Waals surface area contributed by atoms with E-state index in [4.69, 9.17) is 9.72 Å². The highest BCUT2D eigenvalue weighted by Gasteiger charge is 2.17. The zero-order valence-corrected chi connectivity index (χ0v) is 21.1. The van der Waals surface area contributed by atoms with Crippen molar-refractivity contribution in [2.75, 3.05) is 6.61 Å². The zero-order valence-electron chi connectivity index (χ0n) is 21.1. The highest BCUT2D eigenvalue weighted by molar-refractivity contribution is 5.71. The van der Waals surface area contributed by atoms with Crippen molar-refractivity contribution >= 4 is 0 Å². The number of nitrogens with zero attached hydrogens (tertiary/aromatic N) is 3. The van der Waals surface area contributed by atoms with Crippen molar-refractivity contribution < 1.29 is 4.74 Å². The van der Waals surface area contributed by atoms with E-state index in [-0.39, 0.29) is 5.56 Å². The number of unbranched alkanes of at least 4 members (excludes halogenated alkanes) is 1. The van der Waals surface area contributed by atoms with Crippen LogP contribution in [0.3, 0.4) is 0 Å². The third-order valence-corrected chi connectivity index (χ3v) is 6.27. The first kappa shape index (κ1) is 24.9. The van der Waals surface area contributed by atoms with Gasteiger partial charge in [0.15, 0.2) is 0 Å². The highest BCUT2D eigenvalue weighted by atomic mass is 16.5. The number of nitriles is 1. The van der Waals surface area contributed by atoms with Gasteiger partial charge in [0.25, 0.3) is 5.56 Å². The van der Waals surface area contributed by atoms with Crippen LogP contribution in [0, 0.1) is 18.3 Å². The lowest BCUT2D eigenvalue weighted by Gasteiger charge is -2.16. The number of benzene rings is 3. The van der Waals surface area contributed by atoms with E-state index in [2.05, 4.69) is 13.0 Å². The Morgan fingerprint density at radius 3 is 2.42 bits per heavy atom. The first-order valence-electron chi connectivity index (χ1n) is 12.5. The Morgan fingerprint density at radius 1 is 1.00 bits per heavy atom. The van der Waals surface area contributed by atoms with Crippen LogP contribution in [0.5, 0.6) is 5.75 Å². The van der Waals surface area contributed by atoms with Crippen molar-refractivity contribution in [1.82, 2.24) is 9.55 Å². The van der Waals surface area contributed by atoms with Gasteiger partial charge in [-0.3, -0.25) is 9.36 Å². The van der Waals surface area contributed by atoms with Crippen molar-refractivity contribution in [3.8, 4) is 28.6 Å². The normalized spacial score (nSPS) is 10.7. The molecule has 0 aliphatic carbocycles. The topological polar surface area (TPSA) is 67.9 Å². The van der Waals surface area contributed by atoms with Crippen LogP contribution >= 0.6 is 0 Å². The van der Waals surface area contributed by atoms with Crippen LogP contribution in [0.15, 0.2) is 77.6 Å². The van der Waals surface area contributed by atoms with Gasteiger partial charge in [0.1, 0.15) is 11.6 Å². The number of ether oxygens (including phenoxy) is 1. The van der Waals surface area contributed by atoms with Crippen LogP contribution in [0.25, 0.3) is 16.8 Å². The summed E-state index contributed by atoms with van der Waals surface area (Å²) in [6, 6.07) is 25.6. The van der Waals surface area contributed by atoms with Crippen LogP contribution < -0.4 is 10.3 Å². The zero-order chi connectivity index (χ0) is 25.5. The van der Waals surface area contributed by atoms with Gasteiger partial charge in [-0.15, -0.1) is 0 Å². The van der Waals surface area contributed by atoms with Crippen LogP contribution in [0.1, 0.15) is 54.9 Å². The molecule has 3 aromatic carbocycles. The van der Waals surface area contributed by atoms with E-state index < -0.39 is 0 Å². The summed E-state index contributed by atoms with van der Waals surface area (Å²) in [7, 11) is 0. The SMILES string of the molecule is CCCCc1nc(C)n(-c2ccc(OCC)cc2)c(=O)c1Cc1ccc(-c2ccccc2)c(C#N)c1. The fourth-order valence-electron chi connectivity index (χ4n) is 4.48. The van der Waals surface area contributed by atoms with E-state index in [0.717, 1.165) is 53.1 Å². The summed E-state index contributed by atoms with van der Waals surface area (Å²) in [5.74, 6) is 1.43. The summed E-state index contributed by atoms with van der Waals surface area (Å²) in [5.41, 5.74) is 5.62. The molecule has 36 heavy (non-hydrogen) atoms. The monoisotopic (exact) mass is 477 g/mol. The summed E-state index contributed by atoms with van der Waals surface area (Å²) in [6.07, 6.45) is 3.15. The van der Waals surface area contributed by atoms with Gasteiger partial charge in [0.2, 0.25) is 0 Å². The summed E-state index contributed by atoms with van der Waals surface area (Å²) in [4.78, 5) is 18.7. The average molecular weight is 478 g/mol. The van der Waals surface area contributed by atoms with Crippen molar-refractivity contribution in [1.29, 1.82) is 5.26 Å². The molecular weight excluding hydrogens is 446 g/mol. The molecule has 0 bridgehead atoms. The molecule has 0 aliphatic heterocycles. The van der Waals surface area contributed by atoms with E-state index in [1.54, 1.807) is 4.57 Å². The van der Waals surface area contributed by atoms with Gasteiger partial charge in [0.05, 0.1) is 29.6 Å². The largest absolute Gasteiger partial charge is 0.494 e. The van der Waals surface area contributed by atoms with Gasteiger partial charge < -0.3 is 4.74 Å². The molecule has 0 fully saturated rings. The number of hydrogen-bond acceptors (Lipinski definition) is 4. The fraction of sp³-hybridized carbons (Fsp3) is 0.258. The number of rotatable bonds is 9. The average Bonchev–Trinajstić information content (AvgIpc) is 2.90. The van der Waals surface area contributed by atoms with E-state index in [9.17, 15) is 10.1 Å². The lowest BCUT2D eigenvalue weighted by Crippen LogP contribution is -2.28. The van der Waals surface area contributed by atoms with Gasteiger partial charge in [-0.1, -0.05) is 55.8 Å². The van der Waals surface area contributed by atoms with Gasteiger partial charge in [-0.2, -0.15) is 5.26 Å². The lowest BCUT2D eigenvalue weighted by atomic mass is 9.95. The second-order valence-electron chi connectivity index (χ2n) is 8.79. The smallest absolute Gasteiger partial charge is 0.261 e. The van der Waals surface area contributed by atoms with Gasteiger partial charge >= 0.3 is 0 Å². The maximum atomic E-state index is 13.9. The van der Waals surface area contributed by atoms with E-state index in [1.807, 2.05) is 86.6 Å². The number of aromatic nitrogens is 2. The molecule has 0 N–H and O–H groups in total. The van der Waals surface area contributed by atoms with E-state index in [1.165, 1.54) is 0 Å². The Hall–Kier alpha value is -4.17. The Bertz CT molecular complexity index is 1430. The van der Waals surface area contributed by atoms with Gasteiger partial charge in [-0.25, -0.2) is 4.98 Å². The van der Waals surface area contributed by atoms with E-state index >= 15 is 0 Å². The predicted octanol–water partition coefficient (Wildman–Crippen LogP) is 6.41. The van der Waals surface area contributed by atoms with Crippen LogP contribution in [0.4, 0.5) is 0 Å². The molecule has 5 nitrogen and oxygen atoms in total. The van der Waals surface area contributed by atoms with Crippen LogP contribution in [-0.4, -0.2) is 16.2 Å². The maximum Gasteiger partial charge on any atom is 0.261 e. The summed E-state index contributed by atoms with van der Waals surface area (Å²) in [5, 5.41) is 9.85. The molecule has 0 saturated carbocycles. The minimum Gasteiger partial charge on any atom is -0.494 e. The summed E-state index contributed by atoms with van der Waals surface area (Å²) < 4.78 is 7.23. The molecule has 0 spiro atoms. The molecule has 0 radical (unpaired) electrons. The quantitative estimate of drug-likeness (QED) is 0.279. The number of aryl methyl sites for hydroxylation is 2. The van der Waals surface area contributed by atoms with Crippen LogP contribution in [-0.2, 0) is 12.8 Å². The van der Waals surface area contributed by atoms with Crippen molar-refractivity contribution in [2.24, 2.45) is 0 Å². The summed E-state index contributed by atoms with van der Waals surface area (Å²) in [6.45, 7) is 6.54. The maximum absolute atomic E-state index is 13.9. The fourth-order valence-corrected chi connectivity index (χ4v) is 4.48. The molecule has 0 unspecified atom stereocenters. The first-order chi connectivity index (χ1) is 17.5. The molecular formula is C31H31N3O2. The van der Waals surface area contributed by atoms with Crippen LogP contribution in [0.2, 0.25) is 0 Å². The molecule has 1 aromatic heterocycles. The van der Waals surface area contributed by atoms with Crippen molar-refractivity contribution in [3.63, 3.8) is 0 Å².